The topological polar surface area (TPSA) is 64.2 Å². The lowest BCUT2D eigenvalue weighted by molar-refractivity contribution is 0.0499. The summed E-state index contributed by atoms with van der Waals surface area (Å²) in [6, 6.07) is 0.246. The molecule has 2 aromatic heterocycles. The van der Waals surface area contributed by atoms with E-state index in [1.54, 1.807) is 24.9 Å². The van der Waals surface area contributed by atoms with E-state index in [9.17, 15) is 4.79 Å². The molecule has 1 amide bonds. The minimum absolute atomic E-state index is 0.0151. The van der Waals surface area contributed by atoms with Crippen molar-refractivity contribution in [1.82, 2.24) is 19.8 Å². The van der Waals surface area contributed by atoms with E-state index in [4.69, 9.17) is 4.52 Å². The number of likely N-dealkylation sites (tertiary alicyclic amines) is 1. The molecule has 0 aliphatic carbocycles. The second-order valence-electron chi connectivity index (χ2n) is 4.70. The van der Waals surface area contributed by atoms with E-state index in [0.29, 0.717) is 30.1 Å². The Morgan fingerprint density at radius 3 is 2.74 bits per heavy atom. The highest BCUT2D eigenvalue weighted by Gasteiger charge is 2.35. The number of rotatable bonds is 2. The molecule has 0 unspecified atom stereocenters. The van der Waals surface area contributed by atoms with Gasteiger partial charge in [0, 0.05) is 19.3 Å². The number of halogens is 1. The highest BCUT2D eigenvalue weighted by molar-refractivity contribution is 9.10. The normalized spacial score (nSPS) is 15.6. The minimum Gasteiger partial charge on any atom is -0.361 e. The van der Waals surface area contributed by atoms with Crippen LogP contribution in [0.1, 0.15) is 27.9 Å². The second kappa shape index (κ2) is 4.48. The van der Waals surface area contributed by atoms with E-state index < -0.39 is 0 Å². The molecule has 0 radical (unpaired) electrons. The van der Waals surface area contributed by atoms with Crippen LogP contribution in [0.5, 0.6) is 0 Å². The highest BCUT2D eigenvalue weighted by atomic mass is 79.9. The third kappa shape index (κ3) is 2.07. The lowest BCUT2D eigenvalue weighted by Crippen LogP contribution is -2.51. The Bertz CT molecular complexity index is 608. The lowest BCUT2D eigenvalue weighted by atomic mass is 10.1. The van der Waals surface area contributed by atoms with Crippen molar-refractivity contribution in [3.05, 3.63) is 33.9 Å². The van der Waals surface area contributed by atoms with Crippen LogP contribution in [0.25, 0.3) is 0 Å². The van der Waals surface area contributed by atoms with Gasteiger partial charge < -0.3 is 9.42 Å². The zero-order chi connectivity index (χ0) is 13.6. The van der Waals surface area contributed by atoms with Gasteiger partial charge in [-0.1, -0.05) is 5.16 Å². The van der Waals surface area contributed by atoms with Crippen LogP contribution in [0.4, 0.5) is 0 Å². The molecule has 3 heterocycles. The van der Waals surface area contributed by atoms with Crippen LogP contribution in [0, 0.1) is 13.8 Å². The molecule has 6 nitrogen and oxygen atoms in total. The van der Waals surface area contributed by atoms with Gasteiger partial charge in [-0.2, -0.15) is 5.10 Å². The highest BCUT2D eigenvalue weighted by Crippen LogP contribution is 2.25. The van der Waals surface area contributed by atoms with Crippen molar-refractivity contribution in [1.29, 1.82) is 0 Å². The van der Waals surface area contributed by atoms with Crippen LogP contribution in [0.2, 0.25) is 0 Å². The molecule has 1 saturated heterocycles. The van der Waals surface area contributed by atoms with Gasteiger partial charge in [-0.3, -0.25) is 9.48 Å². The van der Waals surface area contributed by atoms with Gasteiger partial charge in [0.1, 0.15) is 11.3 Å². The van der Waals surface area contributed by atoms with Crippen molar-refractivity contribution < 1.29 is 9.32 Å². The predicted molar refractivity (Wildman–Crippen MR) is 70.8 cm³/mol. The van der Waals surface area contributed by atoms with Crippen LogP contribution in [0.15, 0.2) is 21.4 Å². The Balaban J connectivity index is 1.69. The molecule has 0 saturated carbocycles. The van der Waals surface area contributed by atoms with Crippen LogP contribution in [-0.4, -0.2) is 38.8 Å². The Hall–Kier alpha value is -1.63. The SMILES string of the molecule is Cc1noc(C)c1C(=O)N1CC(n2cc(Br)cn2)C1. The fourth-order valence-corrected chi connectivity index (χ4v) is 2.55. The van der Waals surface area contributed by atoms with Gasteiger partial charge in [0.05, 0.1) is 22.4 Å². The monoisotopic (exact) mass is 324 g/mol. The van der Waals surface area contributed by atoms with Crippen LogP contribution in [0.3, 0.4) is 0 Å². The molecule has 0 bridgehead atoms. The molecular formula is C12H13BrN4O2. The number of hydrogen-bond acceptors (Lipinski definition) is 4. The quantitative estimate of drug-likeness (QED) is 0.847. The van der Waals surface area contributed by atoms with Gasteiger partial charge in [-0.05, 0) is 29.8 Å². The molecular weight excluding hydrogens is 312 g/mol. The molecule has 7 heteroatoms. The van der Waals surface area contributed by atoms with Gasteiger partial charge in [-0.15, -0.1) is 0 Å². The number of carbonyl (C=O) groups is 1. The average molecular weight is 325 g/mol. The zero-order valence-electron chi connectivity index (χ0n) is 10.6. The van der Waals surface area contributed by atoms with Gasteiger partial charge >= 0.3 is 0 Å². The van der Waals surface area contributed by atoms with E-state index in [1.165, 1.54) is 0 Å². The summed E-state index contributed by atoms with van der Waals surface area (Å²) in [7, 11) is 0. The minimum atomic E-state index is -0.0151. The van der Waals surface area contributed by atoms with Crippen molar-refractivity contribution in [2.24, 2.45) is 0 Å². The zero-order valence-corrected chi connectivity index (χ0v) is 12.2. The predicted octanol–water partition coefficient (Wildman–Crippen LogP) is 1.95. The molecule has 0 N–H and O–H groups in total. The number of aryl methyl sites for hydroxylation is 2. The molecule has 3 rings (SSSR count). The van der Waals surface area contributed by atoms with Gasteiger partial charge in [0.25, 0.3) is 5.91 Å². The summed E-state index contributed by atoms with van der Waals surface area (Å²) in [5.74, 6) is 0.562. The summed E-state index contributed by atoms with van der Waals surface area (Å²) in [6.45, 7) is 4.87. The summed E-state index contributed by atoms with van der Waals surface area (Å²) in [5.41, 5.74) is 1.23. The van der Waals surface area contributed by atoms with Gasteiger partial charge in [-0.25, -0.2) is 0 Å². The summed E-state index contributed by atoms with van der Waals surface area (Å²) >= 11 is 3.36. The van der Waals surface area contributed by atoms with E-state index in [2.05, 4.69) is 26.2 Å². The molecule has 1 fully saturated rings. The molecule has 0 atom stereocenters. The number of hydrogen-bond donors (Lipinski definition) is 0. The first kappa shape index (κ1) is 12.4. The van der Waals surface area contributed by atoms with Gasteiger partial charge in [0.15, 0.2) is 0 Å². The first-order chi connectivity index (χ1) is 9.06. The van der Waals surface area contributed by atoms with Crippen molar-refractivity contribution in [3.8, 4) is 0 Å². The maximum absolute atomic E-state index is 12.3. The average Bonchev–Trinajstić information content (AvgIpc) is 2.84. The lowest BCUT2D eigenvalue weighted by Gasteiger charge is -2.39. The Morgan fingerprint density at radius 2 is 2.21 bits per heavy atom. The summed E-state index contributed by atoms with van der Waals surface area (Å²) in [5, 5.41) is 8.04. The van der Waals surface area contributed by atoms with Crippen LogP contribution in [-0.2, 0) is 0 Å². The van der Waals surface area contributed by atoms with Crippen molar-refractivity contribution in [3.63, 3.8) is 0 Å². The standard InChI is InChI=1S/C12H13BrN4O2/c1-7-11(8(2)19-15-7)12(18)16-5-10(6-16)17-4-9(13)3-14-17/h3-4,10H,5-6H2,1-2H3. The van der Waals surface area contributed by atoms with Crippen LogP contribution >= 0.6 is 15.9 Å². The number of nitrogens with zero attached hydrogens (tertiary/aromatic N) is 4. The molecule has 1 aliphatic rings. The van der Waals surface area contributed by atoms with E-state index >= 15 is 0 Å². The third-order valence-electron chi connectivity index (χ3n) is 3.34. The molecule has 19 heavy (non-hydrogen) atoms. The maximum atomic E-state index is 12.3. The smallest absolute Gasteiger partial charge is 0.259 e. The van der Waals surface area contributed by atoms with Gasteiger partial charge in [0.2, 0.25) is 0 Å². The second-order valence-corrected chi connectivity index (χ2v) is 5.62. The first-order valence-corrected chi connectivity index (χ1v) is 6.77. The molecule has 100 valence electrons. The van der Waals surface area contributed by atoms with Crippen molar-refractivity contribution >= 4 is 21.8 Å². The Morgan fingerprint density at radius 1 is 1.47 bits per heavy atom. The molecule has 0 spiro atoms. The van der Waals surface area contributed by atoms with E-state index in [1.807, 2.05) is 10.9 Å². The number of carbonyl (C=O) groups excluding carboxylic acids is 1. The maximum Gasteiger partial charge on any atom is 0.259 e. The summed E-state index contributed by atoms with van der Waals surface area (Å²) in [6.07, 6.45) is 3.67. The first-order valence-electron chi connectivity index (χ1n) is 5.98. The van der Waals surface area contributed by atoms with E-state index in [-0.39, 0.29) is 11.9 Å². The largest absolute Gasteiger partial charge is 0.361 e. The fraction of sp³-hybridized carbons (Fsp3) is 0.417. The van der Waals surface area contributed by atoms with E-state index in [0.717, 1.165) is 4.47 Å². The summed E-state index contributed by atoms with van der Waals surface area (Å²) < 4.78 is 7.85. The number of amides is 1. The molecule has 0 aromatic carbocycles. The van der Waals surface area contributed by atoms with Crippen molar-refractivity contribution in [2.45, 2.75) is 19.9 Å². The Labute approximate surface area is 118 Å². The third-order valence-corrected chi connectivity index (χ3v) is 3.75. The fourth-order valence-electron chi connectivity index (χ4n) is 2.25. The summed E-state index contributed by atoms with van der Waals surface area (Å²) in [4.78, 5) is 14.1. The molecule has 2 aromatic rings. The van der Waals surface area contributed by atoms with Crippen molar-refractivity contribution in [2.75, 3.05) is 13.1 Å². The molecule has 1 aliphatic heterocycles. The number of aromatic nitrogens is 3. The Kier molecular flexibility index (Phi) is 2.93. The van der Waals surface area contributed by atoms with Crippen LogP contribution < -0.4 is 0 Å².